The third-order valence-electron chi connectivity index (χ3n) is 5.24. The molecule has 1 aliphatic heterocycles. The Kier molecular flexibility index (Phi) is 7.18. The van der Waals surface area contributed by atoms with Crippen molar-refractivity contribution in [2.24, 2.45) is 0 Å². The first kappa shape index (κ1) is 22.7. The average molecular weight is 469 g/mol. The van der Waals surface area contributed by atoms with Crippen LogP contribution in [0.4, 0.5) is 4.79 Å². The molecule has 0 saturated carbocycles. The van der Waals surface area contributed by atoms with Crippen LogP contribution in [-0.4, -0.2) is 65.6 Å². The molecule has 1 aromatic carbocycles. The highest BCUT2D eigenvalue weighted by molar-refractivity contribution is 7.99. The number of hydrogen-bond donors (Lipinski definition) is 1. The summed E-state index contributed by atoms with van der Waals surface area (Å²) >= 11 is 1.44. The van der Waals surface area contributed by atoms with Gasteiger partial charge in [-0.25, -0.2) is 9.48 Å². The van der Waals surface area contributed by atoms with Gasteiger partial charge in [0.1, 0.15) is 12.3 Å². The second kappa shape index (κ2) is 10.4. The lowest BCUT2D eigenvalue weighted by Gasteiger charge is -2.30. The lowest BCUT2D eigenvalue weighted by atomic mass is 10.1. The van der Waals surface area contributed by atoms with E-state index in [1.54, 1.807) is 17.0 Å². The first-order valence-corrected chi connectivity index (χ1v) is 11.5. The first-order chi connectivity index (χ1) is 16.0. The SMILES string of the molecule is Cc1ccc(Cc2ccc(OC(=O)N3CCC(Sc4nnnn4CC(=O)O)CC3)cc2)nc1. The molecule has 1 N–H and O–H groups in total. The summed E-state index contributed by atoms with van der Waals surface area (Å²) in [4.78, 5) is 29.6. The van der Waals surface area contributed by atoms with E-state index in [9.17, 15) is 9.59 Å². The van der Waals surface area contributed by atoms with Crippen LogP contribution in [-0.2, 0) is 17.8 Å². The lowest BCUT2D eigenvalue weighted by Crippen LogP contribution is -2.41. The van der Waals surface area contributed by atoms with Crippen molar-refractivity contribution in [1.82, 2.24) is 30.1 Å². The Morgan fingerprint density at radius 3 is 2.58 bits per heavy atom. The number of carboxylic acids is 1. The van der Waals surface area contributed by atoms with E-state index in [2.05, 4.69) is 20.5 Å². The zero-order chi connectivity index (χ0) is 23.2. The molecule has 2 aromatic heterocycles. The van der Waals surface area contributed by atoms with E-state index >= 15 is 0 Å². The zero-order valence-corrected chi connectivity index (χ0v) is 18.9. The average Bonchev–Trinajstić information content (AvgIpc) is 3.23. The molecule has 33 heavy (non-hydrogen) atoms. The highest BCUT2D eigenvalue weighted by Crippen LogP contribution is 2.29. The summed E-state index contributed by atoms with van der Waals surface area (Å²) in [6.07, 6.45) is 3.67. The fourth-order valence-corrected chi connectivity index (χ4v) is 4.52. The minimum absolute atomic E-state index is 0.197. The molecular formula is C22H24N6O4S. The van der Waals surface area contributed by atoms with Crippen LogP contribution in [0.3, 0.4) is 0 Å². The van der Waals surface area contributed by atoms with E-state index < -0.39 is 5.97 Å². The fourth-order valence-electron chi connectivity index (χ4n) is 3.47. The monoisotopic (exact) mass is 468 g/mol. The molecule has 1 amide bonds. The van der Waals surface area contributed by atoms with E-state index in [1.807, 2.05) is 37.4 Å². The Labute approximate surface area is 195 Å². The lowest BCUT2D eigenvalue weighted by molar-refractivity contribution is -0.138. The van der Waals surface area contributed by atoms with E-state index in [1.165, 1.54) is 16.4 Å². The molecule has 4 rings (SSSR count). The molecule has 0 bridgehead atoms. The number of nitrogens with zero attached hydrogens (tertiary/aromatic N) is 6. The predicted molar refractivity (Wildman–Crippen MR) is 120 cm³/mol. The van der Waals surface area contributed by atoms with Crippen molar-refractivity contribution in [2.75, 3.05) is 13.1 Å². The van der Waals surface area contributed by atoms with E-state index in [0.717, 1.165) is 36.1 Å². The van der Waals surface area contributed by atoms with Gasteiger partial charge in [-0.1, -0.05) is 30.0 Å². The minimum atomic E-state index is -0.999. The van der Waals surface area contributed by atoms with E-state index in [-0.39, 0.29) is 17.9 Å². The van der Waals surface area contributed by atoms with Gasteiger partial charge in [0.05, 0.1) is 0 Å². The molecule has 1 saturated heterocycles. The molecule has 1 aliphatic rings. The summed E-state index contributed by atoms with van der Waals surface area (Å²) in [6, 6.07) is 11.5. The Balaban J connectivity index is 1.25. The van der Waals surface area contributed by atoms with Gasteiger partial charge < -0.3 is 14.7 Å². The van der Waals surface area contributed by atoms with Crippen molar-refractivity contribution in [1.29, 1.82) is 0 Å². The highest BCUT2D eigenvalue weighted by atomic mass is 32.2. The van der Waals surface area contributed by atoms with Crippen LogP contribution >= 0.6 is 11.8 Å². The smallest absolute Gasteiger partial charge is 0.415 e. The third-order valence-corrected chi connectivity index (χ3v) is 6.55. The first-order valence-electron chi connectivity index (χ1n) is 10.6. The van der Waals surface area contributed by atoms with Crippen LogP contribution < -0.4 is 4.74 Å². The quantitative estimate of drug-likeness (QED) is 0.557. The number of tetrazole rings is 1. The van der Waals surface area contributed by atoms with Crippen LogP contribution in [0.15, 0.2) is 47.8 Å². The van der Waals surface area contributed by atoms with Gasteiger partial charge >= 0.3 is 12.1 Å². The number of aliphatic carboxylic acids is 1. The maximum atomic E-state index is 12.6. The van der Waals surface area contributed by atoms with Crippen LogP contribution in [0.5, 0.6) is 5.75 Å². The molecule has 3 aromatic rings. The Hall–Kier alpha value is -3.47. The van der Waals surface area contributed by atoms with Gasteiger partial charge in [0.2, 0.25) is 5.16 Å². The minimum Gasteiger partial charge on any atom is -0.480 e. The maximum Gasteiger partial charge on any atom is 0.415 e. The number of pyridine rings is 1. The van der Waals surface area contributed by atoms with Crippen molar-refractivity contribution in [2.45, 2.75) is 43.1 Å². The number of aromatic nitrogens is 5. The summed E-state index contributed by atoms with van der Waals surface area (Å²) in [5.41, 5.74) is 3.21. The number of rotatable bonds is 7. The zero-order valence-electron chi connectivity index (χ0n) is 18.1. The number of carbonyl (C=O) groups excluding carboxylic acids is 1. The number of hydrogen-bond acceptors (Lipinski definition) is 8. The molecule has 0 atom stereocenters. The summed E-state index contributed by atoms with van der Waals surface area (Å²) in [5.74, 6) is -0.494. The van der Waals surface area contributed by atoms with Crippen molar-refractivity contribution < 1.29 is 19.4 Å². The molecular weight excluding hydrogens is 444 g/mol. The van der Waals surface area contributed by atoms with Gasteiger partial charge in [-0.15, -0.1) is 5.10 Å². The summed E-state index contributed by atoms with van der Waals surface area (Å²) in [6.45, 7) is 2.83. The molecule has 1 fully saturated rings. The van der Waals surface area contributed by atoms with Crippen molar-refractivity contribution in [3.05, 3.63) is 59.4 Å². The Morgan fingerprint density at radius 2 is 1.91 bits per heavy atom. The number of amides is 1. The second-order valence-corrected chi connectivity index (χ2v) is 9.10. The Morgan fingerprint density at radius 1 is 1.15 bits per heavy atom. The molecule has 172 valence electrons. The topological polar surface area (TPSA) is 123 Å². The number of piperidine rings is 1. The number of ether oxygens (including phenoxy) is 1. The Bertz CT molecular complexity index is 1090. The fraction of sp³-hybridized carbons (Fsp3) is 0.364. The van der Waals surface area contributed by atoms with Crippen LogP contribution in [0.2, 0.25) is 0 Å². The molecule has 3 heterocycles. The van der Waals surface area contributed by atoms with Crippen molar-refractivity contribution in [3.8, 4) is 5.75 Å². The largest absolute Gasteiger partial charge is 0.480 e. The summed E-state index contributed by atoms with van der Waals surface area (Å²) in [5, 5.41) is 20.8. The number of thioether (sulfide) groups is 1. The highest BCUT2D eigenvalue weighted by Gasteiger charge is 2.26. The van der Waals surface area contributed by atoms with Crippen molar-refractivity contribution >= 4 is 23.8 Å². The third kappa shape index (κ3) is 6.28. The van der Waals surface area contributed by atoms with Gasteiger partial charge in [-0.2, -0.15) is 0 Å². The van der Waals surface area contributed by atoms with E-state index in [0.29, 0.717) is 24.0 Å². The standard InChI is InChI=1S/C22H24N6O4S/c1-15-2-5-17(23-13-15)12-16-3-6-18(7-4-16)32-22(31)27-10-8-19(9-11-27)33-21-24-25-26-28(21)14-20(29)30/h2-7,13,19H,8-12,14H2,1H3,(H,29,30). The molecule has 11 heteroatoms. The maximum absolute atomic E-state index is 12.6. The van der Waals surface area contributed by atoms with Gasteiger partial charge in [0, 0.05) is 36.7 Å². The number of carbonyl (C=O) groups is 2. The molecule has 0 unspecified atom stereocenters. The molecule has 10 nitrogen and oxygen atoms in total. The molecule has 0 aliphatic carbocycles. The number of benzene rings is 1. The number of likely N-dealkylation sites (tertiary alicyclic amines) is 1. The van der Waals surface area contributed by atoms with Crippen LogP contribution in [0.25, 0.3) is 0 Å². The van der Waals surface area contributed by atoms with Gasteiger partial charge in [0.25, 0.3) is 0 Å². The van der Waals surface area contributed by atoms with E-state index in [4.69, 9.17) is 9.84 Å². The second-order valence-electron chi connectivity index (χ2n) is 7.83. The van der Waals surface area contributed by atoms with Crippen LogP contribution in [0.1, 0.15) is 29.7 Å². The predicted octanol–water partition coefficient (Wildman–Crippen LogP) is 2.81. The van der Waals surface area contributed by atoms with Crippen LogP contribution in [0, 0.1) is 6.92 Å². The summed E-state index contributed by atoms with van der Waals surface area (Å²) in [7, 11) is 0. The van der Waals surface area contributed by atoms with Gasteiger partial charge in [-0.05, 0) is 59.5 Å². The molecule has 0 spiro atoms. The van der Waals surface area contributed by atoms with Gasteiger partial charge in [-0.3, -0.25) is 9.78 Å². The van der Waals surface area contributed by atoms with Crippen molar-refractivity contribution in [3.63, 3.8) is 0 Å². The summed E-state index contributed by atoms with van der Waals surface area (Å²) < 4.78 is 6.81. The molecule has 0 radical (unpaired) electrons. The number of carboxylic acid groups (broad SMARTS) is 1. The number of aryl methyl sites for hydroxylation is 1. The van der Waals surface area contributed by atoms with Gasteiger partial charge in [0.15, 0.2) is 0 Å². The normalized spacial score (nSPS) is 14.3.